The summed E-state index contributed by atoms with van der Waals surface area (Å²) in [6.07, 6.45) is 3.60. The molecule has 0 aliphatic rings. The molecule has 4 heteroatoms. The second-order valence-electron chi connectivity index (χ2n) is 6.10. The number of methoxy groups -OCH3 is 1. The molecular formula is C15H24N2O2. The maximum absolute atomic E-state index is 11.6. The third kappa shape index (κ3) is 4.31. The number of hydrogen-bond acceptors (Lipinski definition) is 4. The van der Waals surface area contributed by atoms with Crippen LogP contribution in [0.4, 0.5) is 0 Å². The van der Waals surface area contributed by atoms with Gasteiger partial charge < -0.3 is 10.1 Å². The average molecular weight is 264 g/mol. The van der Waals surface area contributed by atoms with E-state index in [0.29, 0.717) is 6.54 Å². The van der Waals surface area contributed by atoms with Crippen LogP contribution < -0.4 is 5.32 Å². The zero-order valence-corrected chi connectivity index (χ0v) is 12.5. The summed E-state index contributed by atoms with van der Waals surface area (Å²) in [5.41, 5.74) is 0.712. The quantitative estimate of drug-likeness (QED) is 0.800. The Morgan fingerprint density at radius 2 is 1.79 bits per heavy atom. The minimum Gasteiger partial charge on any atom is -0.469 e. The van der Waals surface area contributed by atoms with Crippen molar-refractivity contribution in [1.82, 2.24) is 10.3 Å². The molecule has 1 rings (SSSR count). The molecule has 19 heavy (non-hydrogen) atoms. The Hall–Kier alpha value is -1.42. The lowest BCUT2D eigenvalue weighted by atomic mass is 9.84. The van der Waals surface area contributed by atoms with Gasteiger partial charge in [0.2, 0.25) is 0 Å². The number of aromatic nitrogens is 1. The van der Waals surface area contributed by atoms with E-state index in [1.54, 1.807) is 12.4 Å². The van der Waals surface area contributed by atoms with E-state index in [-0.39, 0.29) is 11.4 Å². The second kappa shape index (κ2) is 6.15. The van der Waals surface area contributed by atoms with Crippen molar-refractivity contribution in [3.63, 3.8) is 0 Å². The van der Waals surface area contributed by atoms with Gasteiger partial charge in [0.05, 0.1) is 12.5 Å². The topological polar surface area (TPSA) is 51.2 Å². The van der Waals surface area contributed by atoms with E-state index in [1.165, 1.54) is 12.7 Å². The lowest BCUT2D eigenvalue weighted by Gasteiger charge is -2.28. The zero-order valence-electron chi connectivity index (χ0n) is 12.5. The summed E-state index contributed by atoms with van der Waals surface area (Å²) in [6, 6.07) is 4.04. The summed E-state index contributed by atoms with van der Waals surface area (Å²) in [4.78, 5) is 15.6. The molecule has 1 aromatic rings. The second-order valence-corrected chi connectivity index (χ2v) is 6.10. The van der Waals surface area contributed by atoms with Crippen LogP contribution in [-0.2, 0) is 14.9 Å². The highest BCUT2D eigenvalue weighted by atomic mass is 16.5. The largest absolute Gasteiger partial charge is 0.469 e. The van der Waals surface area contributed by atoms with E-state index in [1.807, 2.05) is 26.0 Å². The van der Waals surface area contributed by atoms with Gasteiger partial charge in [-0.1, -0.05) is 13.8 Å². The van der Waals surface area contributed by atoms with Crippen LogP contribution in [0.2, 0.25) is 0 Å². The first-order chi connectivity index (χ1) is 8.79. The first-order valence-electron chi connectivity index (χ1n) is 6.49. The minimum atomic E-state index is -0.511. The third-order valence-electron chi connectivity index (χ3n) is 3.33. The zero-order chi connectivity index (χ0) is 14.5. The monoisotopic (exact) mass is 264 g/mol. The van der Waals surface area contributed by atoms with Crippen LogP contribution in [-0.4, -0.2) is 31.2 Å². The summed E-state index contributed by atoms with van der Waals surface area (Å²) < 4.78 is 4.80. The highest BCUT2D eigenvalue weighted by Gasteiger charge is 2.29. The maximum Gasteiger partial charge on any atom is 0.312 e. The van der Waals surface area contributed by atoms with E-state index in [2.05, 4.69) is 24.1 Å². The number of carbonyl (C=O) groups excluding carboxylic acids is 1. The highest BCUT2D eigenvalue weighted by Crippen LogP contribution is 2.22. The molecule has 0 radical (unpaired) electrons. The van der Waals surface area contributed by atoms with Gasteiger partial charge in [-0.3, -0.25) is 9.78 Å². The fourth-order valence-corrected chi connectivity index (χ4v) is 1.94. The van der Waals surface area contributed by atoms with Crippen molar-refractivity contribution < 1.29 is 9.53 Å². The standard InChI is InChI=1S/C15H24N2O2/c1-14(2,12-6-8-16-9-7-12)10-17-11-15(3,4)13(18)19-5/h6-9,17H,10-11H2,1-5H3. The van der Waals surface area contributed by atoms with Crippen molar-refractivity contribution in [2.45, 2.75) is 33.1 Å². The Morgan fingerprint density at radius 1 is 1.21 bits per heavy atom. The van der Waals surface area contributed by atoms with Gasteiger partial charge in [0, 0.05) is 30.9 Å². The van der Waals surface area contributed by atoms with Gasteiger partial charge in [0.25, 0.3) is 0 Å². The van der Waals surface area contributed by atoms with Gasteiger partial charge in [0.15, 0.2) is 0 Å². The molecule has 0 saturated carbocycles. The molecule has 0 aromatic carbocycles. The van der Waals surface area contributed by atoms with Crippen LogP contribution in [0.25, 0.3) is 0 Å². The fraction of sp³-hybridized carbons (Fsp3) is 0.600. The molecule has 0 aliphatic carbocycles. The summed E-state index contributed by atoms with van der Waals surface area (Å²) in [7, 11) is 1.42. The summed E-state index contributed by atoms with van der Waals surface area (Å²) in [5.74, 6) is -0.193. The highest BCUT2D eigenvalue weighted by molar-refractivity contribution is 5.76. The number of carbonyl (C=O) groups is 1. The third-order valence-corrected chi connectivity index (χ3v) is 3.33. The van der Waals surface area contributed by atoms with Gasteiger partial charge in [-0.2, -0.15) is 0 Å². The predicted molar refractivity (Wildman–Crippen MR) is 75.9 cm³/mol. The molecule has 1 aromatic heterocycles. The van der Waals surface area contributed by atoms with Crippen molar-refractivity contribution in [3.05, 3.63) is 30.1 Å². The Morgan fingerprint density at radius 3 is 2.32 bits per heavy atom. The molecule has 0 amide bonds. The van der Waals surface area contributed by atoms with Crippen LogP contribution in [0.15, 0.2) is 24.5 Å². The van der Waals surface area contributed by atoms with Gasteiger partial charge in [-0.05, 0) is 31.5 Å². The number of esters is 1. The number of hydrogen-bond donors (Lipinski definition) is 1. The predicted octanol–water partition coefficient (Wildman–Crippen LogP) is 2.15. The smallest absolute Gasteiger partial charge is 0.312 e. The van der Waals surface area contributed by atoms with Gasteiger partial charge in [-0.25, -0.2) is 0 Å². The summed E-state index contributed by atoms with van der Waals surface area (Å²) in [6.45, 7) is 9.48. The van der Waals surface area contributed by atoms with Crippen molar-refractivity contribution in [1.29, 1.82) is 0 Å². The fourth-order valence-electron chi connectivity index (χ4n) is 1.94. The molecule has 0 saturated heterocycles. The number of nitrogens with one attached hydrogen (secondary N) is 1. The van der Waals surface area contributed by atoms with Crippen LogP contribution in [0.3, 0.4) is 0 Å². The molecule has 0 spiro atoms. The maximum atomic E-state index is 11.6. The van der Waals surface area contributed by atoms with Crippen LogP contribution in [0.1, 0.15) is 33.3 Å². The van der Waals surface area contributed by atoms with Crippen molar-refractivity contribution in [2.24, 2.45) is 5.41 Å². The molecule has 0 atom stereocenters. The molecule has 0 unspecified atom stereocenters. The molecule has 106 valence electrons. The van der Waals surface area contributed by atoms with Gasteiger partial charge >= 0.3 is 5.97 Å². The molecule has 0 aliphatic heterocycles. The Bertz CT molecular complexity index is 413. The number of nitrogens with zero attached hydrogens (tertiary/aromatic N) is 1. The van der Waals surface area contributed by atoms with Gasteiger partial charge in [0.1, 0.15) is 0 Å². The average Bonchev–Trinajstić information content (AvgIpc) is 2.38. The van der Waals surface area contributed by atoms with Crippen molar-refractivity contribution >= 4 is 5.97 Å². The Balaban J connectivity index is 2.55. The molecule has 0 bridgehead atoms. The Labute approximate surface area is 115 Å². The first-order valence-corrected chi connectivity index (χ1v) is 6.49. The summed E-state index contributed by atoms with van der Waals surface area (Å²) >= 11 is 0. The first kappa shape index (κ1) is 15.6. The number of pyridine rings is 1. The lowest BCUT2D eigenvalue weighted by molar-refractivity contribution is -0.150. The van der Waals surface area contributed by atoms with E-state index in [9.17, 15) is 4.79 Å². The van der Waals surface area contributed by atoms with E-state index < -0.39 is 5.41 Å². The SMILES string of the molecule is COC(=O)C(C)(C)CNCC(C)(C)c1ccncc1. The van der Waals surface area contributed by atoms with Crippen LogP contribution in [0, 0.1) is 5.41 Å². The number of rotatable bonds is 6. The van der Waals surface area contributed by atoms with Crippen LogP contribution >= 0.6 is 0 Å². The minimum absolute atomic E-state index is 0.00482. The van der Waals surface area contributed by atoms with Crippen molar-refractivity contribution in [3.8, 4) is 0 Å². The molecule has 4 nitrogen and oxygen atoms in total. The van der Waals surface area contributed by atoms with E-state index >= 15 is 0 Å². The normalized spacial score (nSPS) is 12.3. The van der Waals surface area contributed by atoms with Crippen LogP contribution in [0.5, 0.6) is 0 Å². The van der Waals surface area contributed by atoms with Gasteiger partial charge in [-0.15, -0.1) is 0 Å². The van der Waals surface area contributed by atoms with E-state index in [4.69, 9.17) is 4.74 Å². The Kier molecular flexibility index (Phi) is 5.06. The molecular weight excluding hydrogens is 240 g/mol. The number of ether oxygens (including phenoxy) is 1. The molecule has 1 heterocycles. The summed E-state index contributed by atoms with van der Waals surface area (Å²) in [5, 5.41) is 3.36. The van der Waals surface area contributed by atoms with Crippen molar-refractivity contribution in [2.75, 3.05) is 20.2 Å². The molecule has 0 fully saturated rings. The lowest BCUT2D eigenvalue weighted by Crippen LogP contribution is -2.41. The molecule has 1 N–H and O–H groups in total. The van der Waals surface area contributed by atoms with E-state index in [0.717, 1.165) is 6.54 Å².